The van der Waals surface area contributed by atoms with Crippen molar-refractivity contribution in [3.05, 3.63) is 172 Å². The molecule has 12 aromatic rings. The van der Waals surface area contributed by atoms with E-state index in [1.807, 2.05) is 6.07 Å². The fourth-order valence-electron chi connectivity index (χ4n) is 12.3. The van der Waals surface area contributed by atoms with Gasteiger partial charge in [0.2, 0.25) is 0 Å². The van der Waals surface area contributed by atoms with E-state index in [4.69, 9.17) is 4.42 Å². The van der Waals surface area contributed by atoms with E-state index in [1.165, 1.54) is 54.9 Å². The van der Waals surface area contributed by atoms with Gasteiger partial charge in [-0.15, -0.1) is 0 Å². The van der Waals surface area contributed by atoms with Gasteiger partial charge in [-0.3, -0.25) is 0 Å². The molecule has 0 amide bonds. The van der Waals surface area contributed by atoms with Crippen LogP contribution in [0.5, 0.6) is 0 Å². The van der Waals surface area contributed by atoms with Crippen molar-refractivity contribution in [2.75, 3.05) is 0 Å². The van der Waals surface area contributed by atoms with Crippen LogP contribution in [0.15, 0.2) is 138 Å². The molecule has 5 nitrogen and oxygen atoms in total. The fraction of sp³-hybridized carbons (Fsp3) is 0.329. The largest absolute Gasteiger partial charge is 0.454 e. The van der Waals surface area contributed by atoms with Crippen LogP contribution in [0.2, 0.25) is 0 Å². The van der Waals surface area contributed by atoms with Gasteiger partial charge in [0.1, 0.15) is 17.2 Å². The average Bonchev–Trinajstić information content (AvgIpc) is 3.10. The van der Waals surface area contributed by atoms with Crippen molar-refractivity contribution < 1.29 is 4.42 Å². The molecule has 0 radical (unpaired) electrons. The van der Waals surface area contributed by atoms with Crippen LogP contribution in [0.25, 0.3) is 104 Å². The molecule has 5 heteroatoms. The van der Waals surface area contributed by atoms with Crippen molar-refractivity contribution in [1.29, 1.82) is 5.26 Å². The van der Waals surface area contributed by atoms with Crippen molar-refractivity contribution in [2.45, 2.75) is 157 Å². The van der Waals surface area contributed by atoms with E-state index >= 15 is 0 Å². The SMILES string of the molecule is CC(C)(C)c1ccc2c(c1)c1cc(C(C)(C)C)ccc1n2-c1c(-n2c3ccc(C(C)(C)C)cc3c3cc(C(C)(C)C)ccc32)c(-n2c3ccc(C(C)(C)C)cc3c3cc(C(C)(C)C)ccc32)c2c(oc3ccccc32)c1C#N. The van der Waals surface area contributed by atoms with Crippen LogP contribution in [-0.2, 0) is 32.5 Å². The Morgan fingerprint density at radius 1 is 0.321 bits per heavy atom. The Hall–Kier alpha value is -7.55. The Balaban J connectivity index is 1.42. The highest BCUT2D eigenvalue weighted by atomic mass is 16.3. The third-order valence-corrected chi connectivity index (χ3v) is 17.0. The molecule has 0 bridgehead atoms. The zero-order chi connectivity index (χ0) is 55.7. The summed E-state index contributed by atoms with van der Waals surface area (Å²) >= 11 is 0. The Kier molecular flexibility index (Phi) is 11.0. The van der Waals surface area contributed by atoms with Gasteiger partial charge in [0.05, 0.1) is 55.5 Å². The first-order chi connectivity index (χ1) is 36.4. The monoisotopic (exact) mass is 1020 g/mol. The Labute approximate surface area is 461 Å². The maximum atomic E-state index is 12.3. The molecule has 0 aliphatic carbocycles. The van der Waals surface area contributed by atoms with E-state index < -0.39 is 0 Å². The minimum atomic E-state index is -0.107. The summed E-state index contributed by atoms with van der Waals surface area (Å²) in [4.78, 5) is 0. The molecule has 0 saturated carbocycles. The van der Waals surface area contributed by atoms with Crippen LogP contribution in [0, 0.1) is 11.3 Å². The quantitative estimate of drug-likeness (QED) is 0.177. The molecule has 0 fully saturated rings. The predicted octanol–water partition coefficient (Wildman–Crippen LogP) is 20.5. The van der Waals surface area contributed by atoms with Crippen molar-refractivity contribution in [2.24, 2.45) is 0 Å². The molecule has 0 spiro atoms. The summed E-state index contributed by atoms with van der Waals surface area (Å²) in [7, 11) is 0. The summed E-state index contributed by atoms with van der Waals surface area (Å²) in [5.74, 6) is 0. The first-order valence-corrected chi connectivity index (χ1v) is 28.1. The minimum absolute atomic E-state index is 0.0952. The number of nitriles is 1. The van der Waals surface area contributed by atoms with E-state index in [0.29, 0.717) is 11.1 Å². The Bertz CT molecular complexity index is 4330. The van der Waals surface area contributed by atoms with Gasteiger partial charge < -0.3 is 18.1 Å². The lowest BCUT2D eigenvalue weighted by atomic mass is 9.85. The van der Waals surface area contributed by atoms with Crippen molar-refractivity contribution in [3.63, 3.8) is 0 Å². The molecular weight excluding hydrogens is 949 g/mol. The van der Waals surface area contributed by atoms with Gasteiger partial charge in [-0.05, 0) is 145 Å². The van der Waals surface area contributed by atoms with E-state index in [0.717, 1.165) is 77.3 Å². The third-order valence-electron chi connectivity index (χ3n) is 17.0. The van der Waals surface area contributed by atoms with Crippen LogP contribution in [-0.4, -0.2) is 13.7 Å². The zero-order valence-corrected chi connectivity index (χ0v) is 49.4. The first kappa shape index (κ1) is 51.2. The molecule has 0 aliphatic rings. The summed E-state index contributed by atoms with van der Waals surface area (Å²) < 4.78 is 14.7. The van der Waals surface area contributed by atoms with Gasteiger partial charge in [-0.2, -0.15) is 5.26 Å². The number of para-hydroxylation sites is 1. The number of furan rings is 1. The first-order valence-electron chi connectivity index (χ1n) is 28.1. The molecule has 0 atom stereocenters. The van der Waals surface area contributed by atoms with E-state index in [2.05, 4.69) is 272 Å². The number of nitrogens with zero attached hydrogens (tertiary/aromatic N) is 4. The summed E-state index contributed by atoms with van der Waals surface area (Å²) in [5, 5.41) is 21.2. The van der Waals surface area contributed by atoms with Crippen LogP contribution in [0.3, 0.4) is 0 Å². The molecule has 4 aromatic heterocycles. The highest BCUT2D eigenvalue weighted by molar-refractivity contribution is 6.21. The standard InChI is InChI=1S/C73H76N4O/c1-68(2,3)42-23-29-56-49(35-42)50-36-43(69(4,5)6)24-30-57(50)75(56)64-55(41-74)67-63(48-21-19-20-22-62(48)78-67)65(76-58-31-25-44(70(7,8)9)37-51(58)52-38-45(71(10,11)12)26-32-59(52)76)66(64)77-60-33-27-46(72(13,14)15)39-53(60)54-40-47(73(16,17)18)28-34-61(54)77/h19-40H,1-18H3. The highest BCUT2D eigenvalue weighted by Gasteiger charge is 2.35. The summed E-state index contributed by atoms with van der Waals surface area (Å²) in [6, 6.07) is 53.7. The number of hydrogen-bond acceptors (Lipinski definition) is 2. The molecule has 0 saturated heterocycles. The van der Waals surface area contributed by atoms with Gasteiger partial charge in [0, 0.05) is 37.7 Å². The van der Waals surface area contributed by atoms with Crippen molar-refractivity contribution >= 4 is 87.4 Å². The average molecular weight is 1030 g/mol. The van der Waals surface area contributed by atoms with Gasteiger partial charge in [-0.1, -0.05) is 179 Å². The molecule has 394 valence electrons. The Morgan fingerprint density at radius 3 is 0.872 bits per heavy atom. The van der Waals surface area contributed by atoms with Gasteiger partial charge in [-0.25, -0.2) is 0 Å². The van der Waals surface area contributed by atoms with Gasteiger partial charge >= 0.3 is 0 Å². The fourth-order valence-corrected chi connectivity index (χ4v) is 12.3. The molecule has 0 N–H and O–H groups in total. The molecule has 12 rings (SSSR count). The van der Waals surface area contributed by atoms with E-state index in [1.54, 1.807) is 0 Å². The summed E-state index contributed by atoms with van der Waals surface area (Å²) in [6.45, 7) is 41.4. The smallest absolute Gasteiger partial charge is 0.157 e. The van der Waals surface area contributed by atoms with Crippen LogP contribution >= 0.6 is 0 Å². The number of fused-ring (bicyclic) bond motifs is 12. The second kappa shape index (κ2) is 16.7. The summed E-state index contributed by atoms with van der Waals surface area (Å²) in [5.41, 5.74) is 17.8. The molecule has 4 heterocycles. The number of aromatic nitrogens is 3. The number of rotatable bonds is 3. The second-order valence-electron chi connectivity index (χ2n) is 28.7. The normalized spacial score (nSPS) is 13.5. The lowest BCUT2D eigenvalue weighted by Gasteiger charge is -2.25. The number of hydrogen-bond donors (Lipinski definition) is 0. The van der Waals surface area contributed by atoms with Crippen molar-refractivity contribution in [3.8, 4) is 23.1 Å². The maximum Gasteiger partial charge on any atom is 0.157 e. The van der Waals surface area contributed by atoms with Crippen molar-refractivity contribution in [1.82, 2.24) is 13.7 Å². The lowest BCUT2D eigenvalue weighted by molar-refractivity contribution is 0.590. The highest BCUT2D eigenvalue weighted by Crippen LogP contribution is 2.51. The molecule has 78 heavy (non-hydrogen) atoms. The van der Waals surface area contributed by atoms with Crippen LogP contribution in [0.4, 0.5) is 0 Å². The molecular formula is C73H76N4O. The van der Waals surface area contributed by atoms with Crippen LogP contribution in [0.1, 0.15) is 164 Å². The molecule has 0 unspecified atom stereocenters. The number of benzene rings is 8. The van der Waals surface area contributed by atoms with E-state index in [9.17, 15) is 5.26 Å². The second-order valence-corrected chi connectivity index (χ2v) is 28.7. The zero-order valence-electron chi connectivity index (χ0n) is 49.4. The van der Waals surface area contributed by atoms with Gasteiger partial charge in [0.25, 0.3) is 0 Å². The molecule has 8 aromatic carbocycles. The predicted molar refractivity (Wildman–Crippen MR) is 334 cm³/mol. The Morgan fingerprint density at radius 2 is 0.590 bits per heavy atom. The molecule has 0 aliphatic heterocycles. The minimum Gasteiger partial charge on any atom is -0.454 e. The maximum absolute atomic E-state index is 12.3. The lowest BCUT2D eigenvalue weighted by Crippen LogP contribution is -2.14. The summed E-state index contributed by atoms with van der Waals surface area (Å²) in [6.07, 6.45) is 0. The van der Waals surface area contributed by atoms with Gasteiger partial charge in [0.15, 0.2) is 5.58 Å². The van der Waals surface area contributed by atoms with E-state index in [-0.39, 0.29) is 32.5 Å². The third kappa shape index (κ3) is 7.83. The van der Waals surface area contributed by atoms with Crippen LogP contribution < -0.4 is 0 Å². The topological polar surface area (TPSA) is 51.7 Å².